The molecule has 1 aliphatic heterocycles. The highest BCUT2D eigenvalue weighted by Crippen LogP contribution is 2.25. The highest BCUT2D eigenvalue weighted by molar-refractivity contribution is 5.89. The SMILES string of the molecule is O=c1[nH]c2ccccc2cc1-c1cc2cc(CNCCC3CCOC3)ccc2[nH]1. The second kappa shape index (κ2) is 7.85. The maximum Gasteiger partial charge on any atom is 0.257 e. The van der Waals surface area contributed by atoms with Gasteiger partial charge in [-0.05, 0) is 66.6 Å². The molecule has 2 aromatic carbocycles. The highest BCUT2D eigenvalue weighted by atomic mass is 16.5. The molecule has 0 aliphatic carbocycles. The Morgan fingerprint density at radius 3 is 2.79 bits per heavy atom. The summed E-state index contributed by atoms with van der Waals surface area (Å²) in [5, 5.41) is 5.69. The van der Waals surface area contributed by atoms with Crippen molar-refractivity contribution in [3.63, 3.8) is 0 Å². The van der Waals surface area contributed by atoms with E-state index in [4.69, 9.17) is 4.74 Å². The molecule has 4 aromatic rings. The van der Waals surface area contributed by atoms with Crippen LogP contribution < -0.4 is 10.9 Å². The summed E-state index contributed by atoms with van der Waals surface area (Å²) in [4.78, 5) is 18.9. The number of benzene rings is 2. The fourth-order valence-corrected chi connectivity index (χ4v) is 4.13. The fourth-order valence-electron chi connectivity index (χ4n) is 4.13. The van der Waals surface area contributed by atoms with E-state index in [1.807, 2.05) is 30.3 Å². The number of para-hydroxylation sites is 1. The first kappa shape index (κ1) is 18.2. The van der Waals surface area contributed by atoms with Crippen molar-refractivity contribution in [1.29, 1.82) is 0 Å². The number of H-pyrrole nitrogens is 2. The topological polar surface area (TPSA) is 69.9 Å². The van der Waals surface area contributed by atoms with E-state index < -0.39 is 0 Å². The molecule has 3 heterocycles. The quantitative estimate of drug-likeness (QED) is 0.435. The summed E-state index contributed by atoms with van der Waals surface area (Å²) in [5.41, 5.74) is 4.58. The summed E-state index contributed by atoms with van der Waals surface area (Å²) in [7, 11) is 0. The number of hydrogen-bond donors (Lipinski definition) is 3. The van der Waals surface area contributed by atoms with Gasteiger partial charge < -0.3 is 20.0 Å². The summed E-state index contributed by atoms with van der Waals surface area (Å²) in [6, 6.07) is 18.3. The van der Waals surface area contributed by atoms with Crippen LogP contribution in [-0.2, 0) is 11.3 Å². The molecule has 5 nitrogen and oxygen atoms in total. The van der Waals surface area contributed by atoms with E-state index in [2.05, 4.69) is 39.6 Å². The minimum atomic E-state index is -0.0759. The lowest BCUT2D eigenvalue weighted by atomic mass is 10.1. The van der Waals surface area contributed by atoms with Gasteiger partial charge in [0.15, 0.2) is 0 Å². The first-order valence-electron chi connectivity index (χ1n) is 10.3. The van der Waals surface area contributed by atoms with Crippen LogP contribution in [0.15, 0.2) is 59.4 Å². The zero-order valence-corrected chi connectivity index (χ0v) is 16.3. The Balaban J connectivity index is 1.34. The Hall–Kier alpha value is -2.89. The van der Waals surface area contributed by atoms with Gasteiger partial charge >= 0.3 is 0 Å². The van der Waals surface area contributed by atoms with Crippen LogP contribution in [0.1, 0.15) is 18.4 Å². The molecule has 2 aromatic heterocycles. The van der Waals surface area contributed by atoms with Gasteiger partial charge in [0.2, 0.25) is 0 Å². The third-order valence-corrected chi connectivity index (χ3v) is 5.81. The van der Waals surface area contributed by atoms with Crippen molar-refractivity contribution in [2.24, 2.45) is 5.92 Å². The van der Waals surface area contributed by atoms with E-state index in [0.29, 0.717) is 11.5 Å². The highest BCUT2D eigenvalue weighted by Gasteiger charge is 2.14. The minimum Gasteiger partial charge on any atom is -0.381 e. The lowest BCUT2D eigenvalue weighted by molar-refractivity contribution is 0.184. The molecule has 1 aliphatic rings. The molecule has 1 fully saturated rings. The van der Waals surface area contributed by atoms with Gasteiger partial charge in [-0.3, -0.25) is 4.79 Å². The summed E-state index contributed by atoms with van der Waals surface area (Å²) in [6.45, 7) is 3.68. The van der Waals surface area contributed by atoms with Gasteiger partial charge in [-0.25, -0.2) is 0 Å². The fraction of sp³-hybridized carbons (Fsp3) is 0.292. The summed E-state index contributed by atoms with van der Waals surface area (Å²) in [5.74, 6) is 0.706. The molecule has 148 valence electrons. The standard InChI is InChI=1S/C24H25N3O2/c28-24-20(12-18-3-1-2-4-21(18)27-24)23-13-19-11-17(5-6-22(19)26-23)14-25-9-7-16-8-10-29-15-16/h1-6,11-13,16,25-26H,7-10,14-15H2,(H,27,28). The normalized spacial score (nSPS) is 16.8. The zero-order chi connectivity index (χ0) is 19.6. The Kier molecular flexibility index (Phi) is 4.92. The van der Waals surface area contributed by atoms with Crippen LogP contribution in [0.2, 0.25) is 0 Å². The molecule has 0 saturated carbocycles. The first-order chi connectivity index (χ1) is 14.3. The Morgan fingerprint density at radius 1 is 1.00 bits per heavy atom. The number of ether oxygens (including phenoxy) is 1. The first-order valence-corrected chi connectivity index (χ1v) is 10.3. The lowest BCUT2D eigenvalue weighted by Crippen LogP contribution is -2.17. The predicted molar refractivity (Wildman–Crippen MR) is 117 cm³/mol. The summed E-state index contributed by atoms with van der Waals surface area (Å²) < 4.78 is 5.44. The molecule has 29 heavy (non-hydrogen) atoms. The number of aromatic amines is 2. The van der Waals surface area contributed by atoms with E-state index in [1.165, 1.54) is 18.4 Å². The number of aromatic nitrogens is 2. The molecule has 1 atom stereocenters. The van der Waals surface area contributed by atoms with Crippen molar-refractivity contribution in [3.05, 3.63) is 70.5 Å². The average Bonchev–Trinajstić information content (AvgIpc) is 3.40. The van der Waals surface area contributed by atoms with Gasteiger partial charge in [-0.1, -0.05) is 24.3 Å². The molecule has 0 radical (unpaired) electrons. The zero-order valence-electron chi connectivity index (χ0n) is 16.3. The third kappa shape index (κ3) is 3.84. The number of fused-ring (bicyclic) bond motifs is 2. The lowest BCUT2D eigenvalue weighted by Gasteiger charge is -2.08. The number of rotatable bonds is 6. The van der Waals surface area contributed by atoms with Crippen LogP contribution in [0.4, 0.5) is 0 Å². The average molecular weight is 387 g/mol. The second-order valence-corrected chi connectivity index (χ2v) is 7.90. The smallest absolute Gasteiger partial charge is 0.257 e. The summed E-state index contributed by atoms with van der Waals surface area (Å²) >= 11 is 0. The maximum absolute atomic E-state index is 12.6. The molecule has 1 saturated heterocycles. The van der Waals surface area contributed by atoms with Crippen LogP contribution in [0.5, 0.6) is 0 Å². The van der Waals surface area contributed by atoms with E-state index in [-0.39, 0.29) is 5.56 Å². The van der Waals surface area contributed by atoms with E-state index in [9.17, 15) is 4.79 Å². The van der Waals surface area contributed by atoms with Gasteiger partial charge in [0.1, 0.15) is 0 Å². The molecular weight excluding hydrogens is 362 g/mol. The predicted octanol–water partition coefficient (Wildman–Crippen LogP) is 4.19. The Morgan fingerprint density at radius 2 is 1.90 bits per heavy atom. The van der Waals surface area contributed by atoms with E-state index in [0.717, 1.165) is 53.8 Å². The van der Waals surface area contributed by atoms with Crippen LogP contribution in [-0.4, -0.2) is 29.7 Å². The molecular formula is C24H25N3O2. The largest absolute Gasteiger partial charge is 0.381 e. The van der Waals surface area contributed by atoms with Crippen LogP contribution in [0.25, 0.3) is 33.1 Å². The number of nitrogens with one attached hydrogen (secondary N) is 3. The van der Waals surface area contributed by atoms with Gasteiger partial charge in [-0.2, -0.15) is 0 Å². The Labute approximate surface area is 169 Å². The maximum atomic E-state index is 12.6. The second-order valence-electron chi connectivity index (χ2n) is 7.90. The van der Waals surface area contributed by atoms with Gasteiger partial charge in [0.05, 0.1) is 11.3 Å². The van der Waals surface area contributed by atoms with Crippen molar-refractivity contribution >= 4 is 21.8 Å². The number of pyridine rings is 1. The molecule has 5 rings (SSSR count). The van der Waals surface area contributed by atoms with Gasteiger partial charge in [-0.15, -0.1) is 0 Å². The Bertz CT molecular complexity index is 1200. The van der Waals surface area contributed by atoms with Crippen LogP contribution >= 0.6 is 0 Å². The monoisotopic (exact) mass is 387 g/mol. The van der Waals surface area contributed by atoms with Crippen molar-refractivity contribution in [2.45, 2.75) is 19.4 Å². The van der Waals surface area contributed by atoms with Gasteiger partial charge in [0.25, 0.3) is 5.56 Å². The molecule has 0 spiro atoms. The van der Waals surface area contributed by atoms with E-state index >= 15 is 0 Å². The molecule has 0 amide bonds. The third-order valence-electron chi connectivity index (χ3n) is 5.81. The molecule has 5 heteroatoms. The van der Waals surface area contributed by atoms with Crippen molar-refractivity contribution in [3.8, 4) is 11.3 Å². The van der Waals surface area contributed by atoms with Crippen molar-refractivity contribution in [1.82, 2.24) is 15.3 Å². The van der Waals surface area contributed by atoms with E-state index in [1.54, 1.807) is 0 Å². The minimum absolute atomic E-state index is 0.0759. The van der Waals surface area contributed by atoms with Gasteiger partial charge in [0, 0.05) is 36.2 Å². The van der Waals surface area contributed by atoms with Crippen LogP contribution in [0, 0.1) is 5.92 Å². The molecule has 0 bridgehead atoms. The van der Waals surface area contributed by atoms with Crippen molar-refractivity contribution in [2.75, 3.05) is 19.8 Å². The summed E-state index contributed by atoms with van der Waals surface area (Å²) in [6.07, 6.45) is 2.36. The van der Waals surface area contributed by atoms with Crippen molar-refractivity contribution < 1.29 is 4.74 Å². The number of hydrogen-bond acceptors (Lipinski definition) is 3. The van der Waals surface area contributed by atoms with Crippen LogP contribution in [0.3, 0.4) is 0 Å². The molecule has 3 N–H and O–H groups in total. The molecule has 1 unspecified atom stereocenters.